The Hall–Kier alpha value is -1.02. The van der Waals surface area contributed by atoms with Crippen molar-refractivity contribution in [2.45, 2.75) is 40.7 Å². The quantitative estimate of drug-likeness (QED) is 0.867. The van der Waals surface area contributed by atoms with Crippen LogP contribution in [0.5, 0.6) is 0 Å². The Morgan fingerprint density at radius 3 is 2.61 bits per heavy atom. The van der Waals surface area contributed by atoms with Crippen LogP contribution in [0.4, 0.5) is 5.69 Å². The van der Waals surface area contributed by atoms with Gasteiger partial charge in [0.2, 0.25) is 0 Å². The van der Waals surface area contributed by atoms with Gasteiger partial charge in [-0.25, -0.2) is 0 Å². The summed E-state index contributed by atoms with van der Waals surface area (Å²) in [6, 6.07) is 6.62. The Labute approximate surface area is 111 Å². The van der Waals surface area contributed by atoms with E-state index in [-0.39, 0.29) is 0 Å². The average Bonchev–Trinajstić information content (AvgIpc) is 2.77. The normalized spacial score (nSPS) is 20.5. The molecule has 0 amide bonds. The lowest BCUT2D eigenvalue weighted by Crippen LogP contribution is -2.26. The fourth-order valence-electron chi connectivity index (χ4n) is 2.83. The molecule has 2 nitrogen and oxygen atoms in total. The molecule has 1 aliphatic rings. The topological polar surface area (TPSA) is 29.3 Å². The molecule has 0 saturated carbocycles. The third kappa shape index (κ3) is 2.69. The Kier molecular flexibility index (Phi) is 3.67. The van der Waals surface area contributed by atoms with Gasteiger partial charge in [-0.3, -0.25) is 0 Å². The zero-order valence-corrected chi connectivity index (χ0v) is 12.2. The average molecular weight is 246 g/mol. The molecule has 2 rings (SSSR count). The van der Waals surface area contributed by atoms with Crippen LogP contribution in [0.2, 0.25) is 0 Å². The molecular formula is C16H26N2. The van der Waals surface area contributed by atoms with Crippen LogP contribution >= 0.6 is 0 Å². The number of aryl methyl sites for hydroxylation is 1. The third-order valence-corrected chi connectivity index (χ3v) is 4.21. The lowest BCUT2D eigenvalue weighted by atomic mass is 9.80. The van der Waals surface area contributed by atoms with Gasteiger partial charge in [-0.2, -0.15) is 0 Å². The van der Waals surface area contributed by atoms with Crippen LogP contribution in [0, 0.1) is 18.3 Å². The Balaban J connectivity index is 2.21. The number of hydrogen-bond donors (Lipinski definition) is 1. The Morgan fingerprint density at radius 1 is 1.33 bits per heavy atom. The minimum atomic E-state index is 0.404. The Bertz CT molecular complexity index is 418. The zero-order valence-electron chi connectivity index (χ0n) is 12.2. The molecule has 0 aliphatic carbocycles. The summed E-state index contributed by atoms with van der Waals surface area (Å²) in [5.74, 6) is 0.781. The summed E-state index contributed by atoms with van der Waals surface area (Å²) in [5, 5.41) is 0. The molecule has 1 aromatic carbocycles. The highest BCUT2D eigenvalue weighted by atomic mass is 15.2. The van der Waals surface area contributed by atoms with Gasteiger partial charge in [0, 0.05) is 25.3 Å². The molecule has 1 fully saturated rings. The lowest BCUT2D eigenvalue weighted by Gasteiger charge is -2.28. The number of nitrogens with zero attached hydrogens (tertiary/aromatic N) is 1. The van der Waals surface area contributed by atoms with E-state index >= 15 is 0 Å². The van der Waals surface area contributed by atoms with Gasteiger partial charge in [0.15, 0.2) is 0 Å². The SMILES string of the molecule is Cc1ccc(CN)c(N2CCC(C(C)(C)C)C2)c1. The molecule has 2 heteroatoms. The highest BCUT2D eigenvalue weighted by Crippen LogP contribution is 2.36. The highest BCUT2D eigenvalue weighted by Gasteiger charge is 2.32. The van der Waals surface area contributed by atoms with E-state index in [9.17, 15) is 0 Å². The Morgan fingerprint density at radius 2 is 2.06 bits per heavy atom. The number of nitrogens with two attached hydrogens (primary N) is 1. The fourth-order valence-corrected chi connectivity index (χ4v) is 2.83. The second kappa shape index (κ2) is 4.93. The van der Waals surface area contributed by atoms with Crippen LogP contribution in [-0.4, -0.2) is 13.1 Å². The van der Waals surface area contributed by atoms with Gasteiger partial charge in [-0.15, -0.1) is 0 Å². The number of anilines is 1. The smallest absolute Gasteiger partial charge is 0.0414 e. The van der Waals surface area contributed by atoms with Crippen LogP contribution in [0.25, 0.3) is 0 Å². The second-order valence-corrected chi connectivity index (χ2v) is 6.63. The molecule has 0 radical (unpaired) electrons. The van der Waals surface area contributed by atoms with Crippen molar-refractivity contribution in [2.75, 3.05) is 18.0 Å². The maximum Gasteiger partial charge on any atom is 0.0414 e. The minimum Gasteiger partial charge on any atom is -0.371 e. The minimum absolute atomic E-state index is 0.404. The molecule has 1 aromatic rings. The van der Waals surface area contributed by atoms with E-state index in [4.69, 9.17) is 5.73 Å². The summed E-state index contributed by atoms with van der Waals surface area (Å²) in [4.78, 5) is 2.52. The summed E-state index contributed by atoms with van der Waals surface area (Å²) in [6.07, 6.45) is 1.29. The highest BCUT2D eigenvalue weighted by molar-refractivity contribution is 5.56. The van der Waals surface area contributed by atoms with Crippen molar-refractivity contribution in [2.24, 2.45) is 17.1 Å². The van der Waals surface area contributed by atoms with Crippen molar-refractivity contribution in [1.82, 2.24) is 0 Å². The van der Waals surface area contributed by atoms with Gasteiger partial charge in [-0.1, -0.05) is 32.9 Å². The molecule has 18 heavy (non-hydrogen) atoms. The standard InChI is InChI=1S/C16H26N2/c1-12-5-6-13(10-17)15(9-12)18-8-7-14(11-18)16(2,3)4/h5-6,9,14H,7-8,10-11,17H2,1-4H3. The molecular weight excluding hydrogens is 220 g/mol. The first-order valence-corrected chi connectivity index (χ1v) is 6.96. The van der Waals surface area contributed by atoms with E-state index < -0.39 is 0 Å². The van der Waals surface area contributed by atoms with Crippen molar-refractivity contribution < 1.29 is 0 Å². The lowest BCUT2D eigenvalue weighted by molar-refractivity contribution is 0.263. The van der Waals surface area contributed by atoms with E-state index in [1.54, 1.807) is 0 Å². The molecule has 1 saturated heterocycles. The summed E-state index contributed by atoms with van der Waals surface area (Å²) < 4.78 is 0. The summed E-state index contributed by atoms with van der Waals surface area (Å²) in [7, 11) is 0. The van der Waals surface area contributed by atoms with Gasteiger partial charge < -0.3 is 10.6 Å². The van der Waals surface area contributed by atoms with Gasteiger partial charge >= 0.3 is 0 Å². The predicted molar refractivity (Wildman–Crippen MR) is 78.8 cm³/mol. The summed E-state index contributed by atoms with van der Waals surface area (Å²) >= 11 is 0. The number of benzene rings is 1. The maximum atomic E-state index is 5.86. The zero-order chi connectivity index (χ0) is 13.3. The van der Waals surface area contributed by atoms with Crippen molar-refractivity contribution in [3.8, 4) is 0 Å². The predicted octanol–water partition coefficient (Wildman–Crippen LogP) is 3.33. The molecule has 2 N–H and O–H groups in total. The molecule has 0 spiro atoms. The van der Waals surface area contributed by atoms with E-state index in [2.05, 4.69) is 50.8 Å². The summed E-state index contributed by atoms with van der Waals surface area (Å²) in [6.45, 7) is 12.2. The molecule has 1 unspecified atom stereocenters. The van der Waals surface area contributed by atoms with E-state index in [1.165, 1.54) is 36.3 Å². The van der Waals surface area contributed by atoms with Crippen LogP contribution in [-0.2, 0) is 6.54 Å². The van der Waals surface area contributed by atoms with Crippen LogP contribution < -0.4 is 10.6 Å². The molecule has 1 heterocycles. The summed E-state index contributed by atoms with van der Waals surface area (Å²) in [5.41, 5.74) is 10.2. The number of hydrogen-bond acceptors (Lipinski definition) is 2. The molecule has 1 atom stereocenters. The number of rotatable bonds is 2. The van der Waals surface area contributed by atoms with E-state index in [0.29, 0.717) is 12.0 Å². The van der Waals surface area contributed by atoms with Crippen LogP contribution in [0.3, 0.4) is 0 Å². The van der Waals surface area contributed by atoms with Gasteiger partial charge in [0.25, 0.3) is 0 Å². The molecule has 0 aromatic heterocycles. The first-order valence-electron chi connectivity index (χ1n) is 6.96. The van der Waals surface area contributed by atoms with Crippen LogP contribution in [0.15, 0.2) is 18.2 Å². The first-order chi connectivity index (χ1) is 8.41. The van der Waals surface area contributed by atoms with Crippen molar-refractivity contribution in [1.29, 1.82) is 0 Å². The van der Waals surface area contributed by atoms with E-state index in [0.717, 1.165) is 5.92 Å². The van der Waals surface area contributed by atoms with Gasteiger partial charge in [0.1, 0.15) is 0 Å². The fraction of sp³-hybridized carbons (Fsp3) is 0.625. The van der Waals surface area contributed by atoms with Crippen LogP contribution in [0.1, 0.15) is 38.3 Å². The maximum absolute atomic E-state index is 5.86. The first kappa shape index (κ1) is 13.4. The van der Waals surface area contributed by atoms with Gasteiger partial charge in [-0.05, 0) is 41.9 Å². The molecule has 1 aliphatic heterocycles. The van der Waals surface area contributed by atoms with Gasteiger partial charge in [0.05, 0.1) is 0 Å². The van der Waals surface area contributed by atoms with Crippen molar-refractivity contribution in [3.05, 3.63) is 29.3 Å². The van der Waals surface area contributed by atoms with Crippen molar-refractivity contribution in [3.63, 3.8) is 0 Å². The molecule has 0 bridgehead atoms. The van der Waals surface area contributed by atoms with E-state index in [1.807, 2.05) is 0 Å². The third-order valence-electron chi connectivity index (χ3n) is 4.21. The monoisotopic (exact) mass is 246 g/mol. The largest absolute Gasteiger partial charge is 0.371 e. The van der Waals surface area contributed by atoms with Crippen molar-refractivity contribution >= 4 is 5.69 Å². The molecule has 100 valence electrons. The second-order valence-electron chi connectivity index (χ2n) is 6.63.